The van der Waals surface area contributed by atoms with Gasteiger partial charge in [-0.25, -0.2) is 4.68 Å². The number of thiophene rings is 1. The number of hydrogen-bond donors (Lipinski definition) is 1. The van der Waals surface area contributed by atoms with Crippen molar-refractivity contribution in [1.82, 2.24) is 9.78 Å². The number of aliphatic hydroxyl groups excluding tert-OH is 1. The minimum atomic E-state index is 0.319. The van der Waals surface area contributed by atoms with E-state index in [1.807, 2.05) is 48.1 Å². The Labute approximate surface area is 201 Å². The SMILES string of the molecule is CCC.CCCO.CCc1cccc(-c2ccc(-c3ccnn3-c3ccccc3Cl)s2)c1. The third-order valence-electron chi connectivity index (χ3n) is 4.43. The highest BCUT2D eigenvalue weighted by atomic mass is 35.5. The predicted molar refractivity (Wildman–Crippen MR) is 140 cm³/mol. The van der Waals surface area contributed by atoms with Gasteiger partial charge in [0.15, 0.2) is 0 Å². The molecule has 0 saturated heterocycles. The van der Waals surface area contributed by atoms with Crippen molar-refractivity contribution in [1.29, 1.82) is 0 Å². The molecule has 1 N–H and O–H groups in total. The molecule has 0 amide bonds. The van der Waals surface area contributed by atoms with Crippen LogP contribution in [0.5, 0.6) is 0 Å². The van der Waals surface area contributed by atoms with Gasteiger partial charge < -0.3 is 5.11 Å². The van der Waals surface area contributed by atoms with Crippen molar-refractivity contribution in [2.45, 2.75) is 47.0 Å². The van der Waals surface area contributed by atoms with Crippen LogP contribution in [-0.2, 0) is 6.42 Å². The van der Waals surface area contributed by atoms with E-state index >= 15 is 0 Å². The Bertz CT molecular complexity index is 1070. The molecular weight excluding hydrogens is 436 g/mol. The number of nitrogens with zero attached hydrogens (tertiary/aromatic N) is 2. The topological polar surface area (TPSA) is 38.1 Å². The van der Waals surface area contributed by atoms with Crippen LogP contribution in [0.1, 0.15) is 46.1 Å². The molecule has 0 saturated carbocycles. The molecule has 2 heterocycles. The Balaban J connectivity index is 0.000000459. The predicted octanol–water partition coefficient (Wildman–Crippen LogP) is 8.29. The Morgan fingerprint density at radius 3 is 2.25 bits per heavy atom. The first-order chi connectivity index (χ1) is 15.6. The van der Waals surface area contributed by atoms with Crippen LogP contribution < -0.4 is 0 Å². The van der Waals surface area contributed by atoms with Crippen molar-refractivity contribution < 1.29 is 5.11 Å². The average molecular weight is 469 g/mol. The fraction of sp³-hybridized carbons (Fsp3) is 0.296. The van der Waals surface area contributed by atoms with Gasteiger partial charge in [-0.1, -0.05) is 82.1 Å². The first kappa shape index (κ1) is 25.9. The van der Waals surface area contributed by atoms with Gasteiger partial charge in [-0.3, -0.25) is 0 Å². The molecule has 4 aromatic rings. The summed E-state index contributed by atoms with van der Waals surface area (Å²) in [5.41, 5.74) is 4.57. The third-order valence-corrected chi connectivity index (χ3v) is 5.90. The summed E-state index contributed by atoms with van der Waals surface area (Å²) in [6, 6.07) is 22.9. The van der Waals surface area contributed by atoms with Crippen LogP contribution >= 0.6 is 22.9 Å². The molecule has 0 aliphatic heterocycles. The molecule has 5 heteroatoms. The fourth-order valence-corrected chi connectivity index (χ4v) is 4.11. The lowest BCUT2D eigenvalue weighted by Gasteiger charge is -2.07. The second-order valence-corrected chi connectivity index (χ2v) is 8.72. The highest BCUT2D eigenvalue weighted by Gasteiger charge is 2.13. The zero-order valence-electron chi connectivity index (χ0n) is 19.4. The molecule has 0 radical (unpaired) electrons. The monoisotopic (exact) mass is 468 g/mol. The summed E-state index contributed by atoms with van der Waals surface area (Å²) in [5, 5.41) is 13.0. The summed E-state index contributed by atoms with van der Waals surface area (Å²) in [4.78, 5) is 2.44. The van der Waals surface area contributed by atoms with E-state index in [0.29, 0.717) is 11.6 Å². The summed E-state index contributed by atoms with van der Waals surface area (Å²) in [5.74, 6) is 0. The minimum Gasteiger partial charge on any atom is -0.396 e. The smallest absolute Gasteiger partial charge is 0.0841 e. The second kappa shape index (κ2) is 13.9. The maximum atomic E-state index is 7.88. The van der Waals surface area contributed by atoms with Gasteiger partial charge in [-0.15, -0.1) is 11.3 Å². The third kappa shape index (κ3) is 7.06. The van der Waals surface area contributed by atoms with Gasteiger partial charge in [0, 0.05) is 11.5 Å². The number of halogens is 1. The van der Waals surface area contributed by atoms with Crippen molar-refractivity contribution in [3.8, 4) is 26.7 Å². The summed E-state index contributed by atoms with van der Waals surface area (Å²) in [6.45, 7) is 8.68. The number of aromatic nitrogens is 2. The van der Waals surface area contributed by atoms with Crippen molar-refractivity contribution in [3.63, 3.8) is 0 Å². The van der Waals surface area contributed by atoms with Crippen LogP contribution in [0.2, 0.25) is 5.02 Å². The van der Waals surface area contributed by atoms with Crippen molar-refractivity contribution in [2.75, 3.05) is 6.61 Å². The number of hydrogen-bond acceptors (Lipinski definition) is 3. The standard InChI is InChI=1S/C21H17ClN2S.C3H8O.C3H8/c1-2-15-6-5-7-16(14-15)20-10-11-21(25-20)19-12-13-23-24(19)18-9-4-3-8-17(18)22;1-2-3-4;1-3-2/h3-14H,2H2,1H3;4H,2-3H2,1H3;3H2,1-2H3. The molecule has 170 valence electrons. The Kier molecular flexibility index (Phi) is 11.2. The number of benzene rings is 2. The van der Waals surface area contributed by atoms with E-state index in [-0.39, 0.29) is 0 Å². The van der Waals surface area contributed by atoms with Crippen LogP contribution in [-0.4, -0.2) is 21.5 Å². The summed E-state index contributed by atoms with van der Waals surface area (Å²) >= 11 is 8.13. The summed E-state index contributed by atoms with van der Waals surface area (Å²) in [7, 11) is 0. The van der Waals surface area contributed by atoms with Gasteiger partial charge in [0.05, 0.1) is 27.5 Å². The molecule has 0 bridgehead atoms. The van der Waals surface area contributed by atoms with Gasteiger partial charge in [0.2, 0.25) is 0 Å². The number of para-hydroxylation sites is 1. The molecule has 0 spiro atoms. The molecule has 0 aliphatic rings. The van der Waals surface area contributed by atoms with Gasteiger partial charge in [-0.2, -0.15) is 5.10 Å². The highest BCUT2D eigenvalue weighted by molar-refractivity contribution is 7.18. The molecule has 32 heavy (non-hydrogen) atoms. The first-order valence-electron chi connectivity index (χ1n) is 11.2. The van der Waals surface area contributed by atoms with E-state index in [4.69, 9.17) is 16.7 Å². The molecule has 0 unspecified atom stereocenters. The lowest BCUT2D eigenvalue weighted by atomic mass is 10.1. The Hall–Kier alpha value is -2.40. The molecule has 4 rings (SSSR count). The molecule has 0 fully saturated rings. The maximum absolute atomic E-state index is 7.88. The molecule has 2 aromatic heterocycles. The second-order valence-electron chi connectivity index (χ2n) is 7.23. The largest absolute Gasteiger partial charge is 0.396 e. The Morgan fingerprint density at radius 1 is 0.906 bits per heavy atom. The quantitative estimate of drug-likeness (QED) is 0.320. The van der Waals surface area contributed by atoms with E-state index in [2.05, 4.69) is 62.3 Å². The van der Waals surface area contributed by atoms with E-state index in [1.54, 1.807) is 11.3 Å². The van der Waals surface area contributed by atoms with E-state index in [1.165, 1.54) is 27.3 Å². The van der Waals surface area contributed by atoms with Crippen LogP contribution in [0.15, 0.2) is 72.9 Å². The van der Waals surface area contributed by atoms with Crippen LogP contribution in [0, 0.1) is 0 Å². The number of aryl methyl sites for hydroxylation is 1. The van der Waals surface area contributed by atoms with E-state index in [9.17, 15) is 0 Å². The highest BCUT2D eigenvalue weighted by Crippen LogP contribution is 2.36. The van der Waals surface area contributed by atoms with Crippen molar-refractivity contribution >= 4 is 22.9 Å². The normalized spacial score (nSPS) is 10.1. The van der Waals surface area contributed by atoms with E-state index in [0.717, 1.165) is 24.2 Å². The summed E-state index contributed by atoms with van der Waals surface area (Å²) in [6.07, 6.45) is 4.99. The van der Waals surface area contributed by atoms with Gasteiger partial charge in [0.1, 0.15) is 0 Å². The maximum Gasteiger partial charge on any atom is 0.0841 e. The van der Waals surface area contributed by atoms with Crippen LogP contribution in [0.25, 0.3) is 26.7 Å². The average Bonchev–Trinajstić information content (AvgIpc) is 3.50. The fourth-order valence-electron chi connectivity index (χ4n) is 2.88. The number of aliphatic hydroxyl groups is 1. The lowest BCUT2D eigenvalue weighted by Crippen LogP contribution is -1.98. The molecule has 3 nitrogen and oxygen atoms in total. The summed E-state index contributed by atoms with van der Waals surface area (Å²) < 4.78 is 1.90. The number of rotatable bonds is 5. The lowest BCUT2D eigenvalue weighted by molar-refractivity contribution is 0.295. The molecule has 0 atom stereocenters. The molecular formula is C27H33ClN2OS. The van der Waals surface area contributed by atoms with Crippen molar-refractivity contribution in [2.24, 2.45) is 0 Å². The van der Waals surface area contributed by atoms with Gasteiger partial charge in [-0.05, 0) is 54.3 Å². The van der Waals surface area contributed by atoms with Gasteiger partial charge >= 0.3 is 0 Å². The molecule has 2 aromatic carbocycles. The van der Waals surface area contributed by atoms with Gasteiger partial charge in [0.25, 0.3) is 0 Å². The zero-order valence-corrected chi connectivity index (χ0v) is 21.0. The van der Waals surface area contributed by atoms with Crippen molar-refractivity contribution in [3.05, 3.63) is 83.5 Å². The minimum absolute atomic E-state index is 0.319. The molecule has 0 aliphatic carbocycles. The first-order valence-corrected chi connectivity index (χ1v) is 12.4. The zero-order chi connectivity index (χ0) is 23.3. The van der Waals surface area contributed by atoms with Crippen LogP contribution in [0.3, 0.4) is 0 Å². The van der Waals surface area contributed by atoms with Crippen LogP contribution in [0.4, 0.5) is 0 Å². The van der Waals surface area contributed by atoms with E-state index < -0.39 is 0 Å². The Morgan fingerprint density at radius 2 is 1.59 bits per heavy atom.